The van der Waals surface area contributed by atoms with E-state index < -0.39 is 0 Å². The standard InChI is InChI=1S/C17H23N3O4/c1-4-9-23-14-6-5-13(10-15(14)22-3)11-18-16(21)7-8-17-19-12(2)20-24-17/h5-6,10H,4,7-9,11H2,1-3H3,(H,18,21). The Morgan fingerprint density at radius 3 is 2.83 bits per heavy atom. The van der Waals surface area contributed by atoms with E-state index >= 15 is 0 Å². The third-order valence-corrected chi connectivity index (χ3v) is 3.31. The van der Waals surface area contributed by atoms with Crippen molar-refractivity contribution in [2.75, 3.05) is 13.7 Å². The minimum Gasteiger partial charge on any atom is -0.493 e. The topological polar surface area (TPSA) is 86.5 Å². The number of aromatic nitrogens is 2. The van der Waals surface area contributed by atoms with Crippen molar-refractivity contribution in [3.8, 4) is 11.5 Å². The molecule has 0 aliphatic heterocycles. The van der Waals surface area contributed by atoms with Gasteiger partial charge in [0, 0.05) is 19.4 Å². The number of aryl methyl sites for hydroxylation is 2. The van der Waals surface area contributed by atoms with E-state index in [-0.39, 0.29) is 5.91 Å². The number of hydrogen-bond donors (Lipinski definition) is 1. The molecule has 0 atom stereocenters. The maximum absolute atomic E-state index is 11.9. The number of benzene rings is 1. The largest absolute Gasteiger partial charge is 0.493 e. The molecule has 24 heavy (non-hydrogen) atoms. The Kier molecular flexibility index (Phi) is 6.60. The van der Waals surface area contributed by atoms with Crippen LogP contribution in [0.2, 0.25) is 0 Å². The highest BCUT2D eigenvalue weighted by Crippen LogP contribution is 2.28. The second-order valence-electron chi connectivity index (χ2n) is 5.35. The second-order valence-corrected chi connectivity index (χ2v) is 5.35. The van der Waals surface area contributed by atoms with Crippen LogP contribution in [-0.2, 0) is 17.8 Å². The van der Waals surface area contributed by atoms with Crippen LogP contribution in [0.15, 0.2) is 22.7 Å². The molecule has 0 radical (unpaired) electrons. The maximum atomic E-state index is 11.9. The first-order chi connectivity index (χ1) is 11.6. The monoisotopic (exact) mass is 333 g/mol. The number of carbonyl (C=O) groups excluding carboxylic acids is 1. The molecule has 0 aliphatic carbocycles. The van der Waals surface area contributed by atoms with Crippen LogP contribution in [-0.4, -0.2) is 29.8 Å². The average molecular weight is 333 g/mol. The normalized spacial score (nSPS) is 10.5. The van der Waals surface area contributed by atoms with Crippen molar-refractivity contribution in [1.29, 1.82) is 0 Å². The van der Waals surface area contributed by atoms with Gasteiger partial charge < -0.3 is 19.3 Å². The summed E-state index contributed by atoms with van der Waals surface area (Å²) in [6.07, 6.45) is 1.66. The van der Waals surface area contributed by atoms with Gasteiger partial charge >= 0.3 is 0 Å². The SMILES string of the molecule is CCCOc1ccc(CNC(=O)CCc2nc(C)no2)cc1OC. The molecule has 0 saturated carbocycles. The van der Waals surface area contributed by atoms with Gasteiger partial charge in [0.15, 0.2) is 17.3 Å². The molecule has 7 nitrogen and oxygen atoms in total. The minimum absolute atomic E-state index is 0.0730. The van der Waals surface area contributed by atoms with Gasteiger partial charge in [0.05, 0.1) is 13.7 Å². The Labute approximate surface area is 141 Å². The number of rotatable bonds is 9. The molecule has 1 aromatic carbocycles. The Morgan fingerprint density at radius 1 is 1.33 bits per heavy atom. The van der Waals surface area contributed by atoms with Crippen molar-refractivity contribution in [1.82, 2.24) is 15.5 Å². The lowest BCUT2D eigenvalue weighted by Crippen LogP contribution is -2.23. The van der Waals surface area contributed by atoms with Crippen molar-refractivity contribution < 1.29 is 18.8 Å². The highest BCUT2D eigenvalue weighted by molar-refractivity contribution is 5.76. The average Bonchev–Trinajstić information content (AvgIpc) is 3.02. The first kappa shape index (κ1) is 17.8. The van der Waals surface area contributed by atoms with Gasteiger partial charge in [0.25, 0.3) is 0 Å². The summed E-state index contributed by atoms with van der Waals surface area (Å²) in [6.45, 7) is 4.86. The zero-order valence-electron chi connectivity index (χ0n) is 14.3. The Bertz CT molecular complexity index is 670. The van der Waals surface area contributed by atoms with Crippen molar-refractivity contribution in [3.05, 3.63) is 35.5 Å². The van der Waals surface area contributed by atoms with Gasteiger partial charge in [-0.3, -0.25) is 4.79 Å². The molecule has 0 aliphatic rings. The van der Waals surface area contributed by atoms with E-state index in [2.05, 4.69) is 15.5 Å². The maximum Gasteiger partial charge on any atom is 0.227 e. The summed E-state index contributed by atoms with van der Waals surface area (Å²) >= 11 is 0. The lowest BCUT2D eigenvalue weighted by molar-refractivity contribution is -0.121. The molecule has 0 bridgehead atoms. The highest BCUT2D eigenvalue weighted by atomic mass is 16.5. The molecular weight excluding hydrogens is 310 g/mol. The molecular formula is C17H23N3O4. The smallest absolute Gasteiger partial charge is 0.227 e. The molecule has 2 aromatic rings. The molecule has 130 valence electrons. The van der Waals surface area contributed by atoms with E-state index in [4.69, 9.17) is 14.0 Å². The zero-order chi connectivity index (χ0) is 17.4. The summed E-state index contributed by atoms with van der Waals surface area (Å²) in [5.41, 5.74) is 0.942. The Morgan fingerprint density at radius 2 is 2.17 bits per heavy atom. The van der Waals surface area contributed by atoms with Crippen molar-refractivity contribution in [2.24, 2.45) is 0 Å². The summed E-state index contributed by atoms with van der Waals surface area (Å²) in [5, 5.41) is 6.56. The van der Waals surface area contributed by atoms with Crippen LogP contribution in [0.5, 0.6) is 11.5 Å². The zero-order valence-corrected chi connectivity index (χ0v) is 14.3. The number of carbonyl (C=O) groups is 1. The van der Waals surface area contributed by atoms with E-state index in [1.54, 1.807) is 14.0 Å². The summed E-state index contributed by atoms with van der Waals surface area (Å²) in [7, 11) is 1.60. The van der Waals surface area contributed by atoms with Crippen molar-refractivity contribution in [3.63, 3.8) is 0 Å². The van der Waals surface area contributed by atoms with Crippen LogP contribution < -0.4 is 14.8 Å². The molecule has 0 saturated heterocycles. The molecule has 2 rings (SSSR count). The van der Waals surface area contributed by atoms with Crippen molar-refractivity contribution in [2.45, 2.75) is 39.7 Å². The van der Waals surface area contributed by atoms with Gasteiger partial charge in [-0.25, -0.2) is 0 Å². The molecule has 1 aromatic heterocycles. The van der Waals surface area contributed by atoms with Crippen LogP contribution in [0.4, 0.5) is 0 Å². The third kappa shape index (κ3) is 5.26. The lowest BCUT2D eigenvalue weighted by atomic mass is 10.2. The predicted molar refractivity (Wildman–Crippen MR) is 88.0 cm³/mol. The Balaban J connectivity index is 1.83. The first-order valence-corrected chi connectivity index (χ1v) is 7.98. The molecule has 0 unspecified atom stereocenters. The van der Waals surface area contributed by atoms with Crippen molar-refractivity contribution >= 4 is 5.91 Å². The lowest BCUT2D eigenvalue weighted by Gasteiger charge is -2.12. The van der Waals surface area contributed by atoms with E-state index in [0.717, 1.165) is 12.0 Å². The number of nitrogens with one attached hydrogen (secondary N) is 1. The summed E-state index contributed by atoms with van der Waals surface area (Å²) in [5.74, 6) is 2.35. The second kappa shape index (κ2) is 8.90. The van der Waals surface area contributed by atoms with E-state index in [1.807, 2.05) is 25.1 Å². The number of ether oxygens (including phenoxy) is 2. The molecule has 1 N–H and O–H groups in total. The first-order valence-electron chi connectivity index (χ1n) is 7.98. The van der Waals surface area contributed by atoms with E-state index in [9.17, 15) is 4.79 Å². The molecule has 1 heterocycles. The van der Waals surface area contributed by atoms with Gasteiger partial charge in [0.1, 0.15) is 0 Å². The quantitative estimate of drug-likeness (QED) is 0.758. The fourth-order valence-electron chi connectivity index (χ4n) is 2.10. The number of amides is 1. The fraction of sp³-hybridized carbons (Fsp3) is 0.471. The summed E-state index contributed by atoms with van der Waals surface area (Å²) < 4.78 is 15.9. The predicted octanol–water partition coefficient (Wildman–Crippen LogP) is 2.42. The number of methoxy groups -OCH3 is 1. The van der Waals surface area contributed by atoms with Gasteiger partial charge in [-0.1, -0.05) is 18.1 Å². The summed E-state index contributed by atoms with van der Waals surface area (Å²) in [4.78, 5) is 16.0. The van der Waals surface area contributed by atoms with Gasteiger partial charge in [0.2, 0.25) is 11.8 Å². The van der Waals surface area contributed by atoms with E-state index in [1.165, 1.54) is 0 Å². The van der Waals surface area contributed by atoms with Crippen LogP contribution in [0, 0.1) is 6.92 Å². The molecule has 0 spiro atoms. The number of nitrogens with zero attached hydrogens (tertiary/aromatic N) is 2. The molecule has 1 amide bonds. The molecule has 0 fully saturated rings. The highest BCUT2D eigenvalue weighted by Gasteiger charge is 2.09. The van der Waals surface area contributed by atoms with Crippen LogP contribution in [0.3, 0.4) is 0 Å². The Hall–Kier alpha value is -2.57. The van der Waals surface area contributed by atoms with Crippen LogP contribution >= 0.6 is 0 Å². The minimum atomic E-state index is -0.0730. The van der Waals surface area contributed by atoms with E-state index in [0.29, 0.717) is 49.2 Å². The van der Waals surface area contributed by atoms with Gasteiger partial charge in [-0.15, -0.1) is 0 Å². The fourth-order valence-corrected chi connectivity index (χ4v) is 2.10. The van der Waals surface area contributed by atoms with Crippen LogP contribution in [0.25, 0.3) is 0 Å². The molecule has 7 heteroatoms. The van der Waals surface area contributed by atoms with Gasteiger partial charge in [-0.2, -0.15) is 4.98 Å². The van der Waals surface area contributed by atoms with Gasteiger partial charge in [-0.05, 0) is 31.0 Å². The third-order valence-electron chi connectivity index (χ3n) is 3.31. The van der Waals surface area contributed by atoms with Crippen LogP contribution in [0.1, 0.15) is 37.0 Å². The summed E-state index contributed by atoms with van der Waals surface area (Å²) in [6, 6.07) is 5.64. The number of hydrogen-bond acceptors (Lipinski definition) is 6.